The van der Waals surface area contributed by atoms with Crippen molar-refractivity contribution in [2.75, 3.05) is 0 Å². The van der Waals surface area contributed by atoms with Crippen LogP contribution >= 0.6 is 0 Å². The summed E-state index contributed by atoms with van der Waals surface area (Å²) in [5, 5.41) is 20.2. The average molecular weight is 427 g/mol. The van der Waals surface area contributed by atoms with Gasteiger partial charge in [0.25, 0.3) is 0 Å². The number of carboxylic acids is 2. The monoisotopic (exact) mass is 428 g/mol. The molecular formula is C12H18HgO4. The van der Waals surface area contributed by atoms with Crippen LogP contribution in [0.25, 0.3) is 0 Å². The van der Waals surface area contributed by atoms with Crippen LogP contribution in [-0.2, 0) is 37.3 Å². The molecule has 0 saturated heterocycles. The maximum Gasteiger partial charge on any atom is 2.00 e. The average Bonchev–Trinajstić information content (AvgIpc) is 2.93. The Morgan fingerprint density at radius 2 is 0.941 bits per heavy atom. The van der Waals surface area contributed by atoms with Crippen molar-refractivity contribution in [3.63, 3.8) is 0 Å². The van der Waals surface area contributed by atoms with E-state index < -0.39 is 11.9 Å². The first-order valence-electron chi connectivity index (χ1n) is 6.03. The normalized spacial score (nSPS) is 20.2. The van der Waals surface area contributed by atoms with Gasteiger partial charge in [0.1, 0.15) is 0 Å². The second-order valence-corrected chi connectivity index (χ2v) is 4.60. The maximum atomic E-state index is 10.1. The molecule has 0 radical (unpaired) electrons. The molecule has 2 fully saturated rings. The van der Waals surface area contributed by atoms with Gasteiger partial charge in [0.2, 0.25) is 0 Å². The zero-order valence-electron chi connectivity index (χ0n) is 10.2. The van der Waals surface area contributed by atoms with Crippen LogP contribution in [0.3, 0.4) is 0 Å². The van der Waals surface area contributed by atoms with Crippen LogP contribution in [0.5, 0.6) is 0 Å². The first-order valence-corrected chi connectivity index (χ1v) is 6.03. The number of carbonyl (C=O) groups is 2. The van der Waals surface area contributed by atoms with Crippen molar-refractivity contribution in [1.29, 1.82) is 0 Å². The summed E-state index contributed by atoms with van der Waals surface area (Å²) in [7, 11) is 0. The van der Waals surface area contributed by atoms with E-state index in [0.717, 1.165) is 51.4 Å². The predicted octanol–water partition coefficient (Wildman–Crippen LogP) is -0.150. The van der Waals surface area contributed by atoms with Gasteiger partial charge < -0.3 is 19.8 Å². The third-order valence-corrected chi connectivity index (χ3v) is 3.38. The number of hydrogen-bond acceptors (Lipinski definition) is 4. The molecule has 17 heavy (non-hydrogen) atoms. The SMILES string of the molecule is O=C([O-])C1CCCC1.O=C([O-])C1CCCC1.[Hg+2]. The number of carboxylic acid groups (broad SMARTS) is 2. The Bertz CT molecular complexity index is 217. The molecule has 0 aromatic rings. The molecule has 0 aliphatic heterocycles. The minimum Gasteiger partial charge on any atom is -0.550 e. The first kappa shape index (κ1) is 16.9. The van der Waals surface area contributed by atoms with Gasteiger partial charge in [-0.25, -0.2) is 0 Å². The number of hydrogen-bond donors (Lipinski definition) is 0. The fourth-order valence-electron chi connectivity index (χ4n) is 2.32. The van der Waals surface area contributed by atoms with E-state index in [1.807, 2.05) is 0 Å². The molecule has 0 unspecified atom stereocenters. The van der Waals surface area contributed by atoms with Gasteiger partial charge >= 0.3 is 27.7 Å². The summed E-state index contributed by atoms with van der Waals surface area (Å²) in [6.45, 7) is 0. The smallest absolute Gasteiger partial charge is 0.550 e. The molecule has 2 rings (SSSR count). The van der Waals surface area contributed by atoms with Gasteiger partial charge in [-0.05, 0) is 37.5 Å². The molecule has 0 spiro atoms. The molecular weight excluding hydrogens is 409 g/mol. The number of rotatable bonds is 2. The molecule has 2 aliphatic rings. The molecule has 92 valence electrons. The zero-order chi connectivity index (χ0) is 12.0. The fraction of sp³-hybridized carbons (Fsp3) is 0.833. The van der Waals surface area contributed by atoms with Crippen LogP contribution in [0.2, 0.25) is 0 Å². The Hall–Kier alpha value is -0.125. The first-order chi connectivity index (χ1) is 7.61. The predicted molar refractivity (Wildman–Crippen MR) is 53.9 cm³/mol. The van der Waals surface area contributed by atoms with E-state index in [4.69, 9.17) is 0 Å². The van der Waals surface area contributed by atoms with Crippen LogP contribution in [0, 0.1) is 11.8 Å². The topological polar surface area (TPSA) is 80.3 Å². The summed E-state index contributed by atoms with van der Waals surface area (Å²) in [6, 6.07) is 0. The molecule has 0 aromatic carbocycles. The fourth-order valence-corrected chi connectivity index (χ4v) is 2.32. The summed E-state index contributed by atoms with van der Waals surface area (Å²) in [6.07, 6.45) is 7.61. The van der Waals surface area contributed by atoms with Crippen LogP contribution in [-0.4, -0.2) is 11.9 Å². The summed E-state index contributed by atoms with van der Waals surface area (Å²) >= 11 is 0. The molecule has 0 N–H and O–H groups in total. The molecule has 5 heteroatoms. The van der Waals surface area contributed by atoms with Crippen LogP contribution in [0.1, 0.15) is 51.4 Å². The Kier molecular flexibility index (Phi) is 8.83. The van der Waals surface area contributed by atoms with Crippen LogP contribution in [0.15, 0.2) is 0 Å². The second-order valence-electron chi connectivity index (χ2n) is 4.60. The minimum atomic E-state index is -0.859. The van der Waals surface area contributed by atoms with E-state index in [9.17, 15) is 19.8 Å². The maximum absolute atomic E-state index is 10.1. The van der Waals surface area contributed by atoms with Gasteiger partial charge in [0.05, 0.1) is 0 Å². The van der Waals surface area contributed by atoms with E-state index in [2.05, 4.69) is 0 Å². The van der Waals surface area contributed by atoms with Gasteiger partial charge in [-0.3, -0.25) is 0 Å². The van der Waals surface area contributed by atoms with Gasteiger partial charge in [-0.2, -0.15) is 0 Å². The summed E-state index contributed by atoms with van der Waals surface area (Å²) < 4.78 is 0. The minimum absolute atomic E-state index is 0. The summed E-state index contributed by atoms with van der Waals surface area (Å²) in [5.41, 5.74) is 0. The number of aliphatic carboxylic acids is 2. The zero-order valence-corrected chi connectivity index (χ0v) is 15.6. The van der Waals surface area contributed by atoms with Crippen LogP contribution < -0.4 is 10.2 Å². The quantitative estimate of drug-likeness (QED) is 0.575. The van der Waals surface area contributed by atoms with Crippen molar-refractivity contribution < 1.29 is 47.5 Å². The molecule has 2 aliphatic carbocycles. The van der Waals surface area contributed by atoms with Gasteiger partial charge in [0.15, 0.2) is 0 Å². The molecule has 0 heterocycles. The Balaban J connectivity index is 0.000000284. The van der Waals surface area contributed by atoms with Crippen molar-refractivity contribution >= 4 is 11.9 Å². The third kappa shape index (κ3) is 6.39. The van der Waals surface area contributed by atoms with E-state index in [0.29, 0.717) is 0 Å². The van der Waals surface area contributed by atoms with E-state index in [-0.39, 0.29) is 39.5 Å². The molecule has 0 bridgehead atoms. The molecule has 0 amide bonds. The summed E-state index contributed by atoms with van der Waals surface area (Å²) in [4.78, 5) is 20.2. The van der Waals surface area contributed by atoms with Gasteiger partial charge in [0, 0.05) is 11.9 Å². The Morgan fingerprint density at radius 1 is 0.706 bits per heavy atom. The molecule has 4 nitrogen and oxygen atoms in total. The van der Waals surface area contributed by atoms with Crippen molar-refractivity contribution in [3.05, 3.63) is 0 Å². The van der Waals surface area contributed by atoms with Crippen molar-refractivity contribution in [3.8, 4) is 0 Å². The van der Waals surface area contributed by atoms with E-state index >= 15 is 0 Å². The number of carbonyl (C=O) groups excluding carboxylic acids is 2. The van der Waals surface area contributed by atoms with Crippen molar-refractivity contribution in [1.82, 2.24) is 0 Å². The Labute approximate surface area is 122 Å². The van der Waals surface area contributed by atoms with Crippen LogP contribution in [0.4, 0.5) is 0 Å². The Morgan fingerprint density at radius 3 is 1.06 bits per heavy atom. The van der Waals surface area contributed by atoms with Crippen molar-refractivity contribution in [2.24, 2.45) is 11.8 Å². The van der Waals surface area contributed by atoms with Gasteiger partial charge in [-0.1, -0.05) is 25.7 Å². The second kappa shape index (κ2) is 8.89. The standard InChI is InChI=1S/2C6H10O2.Hg/c2*7-6(8)5-3-1-2-4-5;/h2*5H,1-4H2,(H,7,8);/q;;+2/p-2. The van der Waals surface area contributed by atoms with E-state index in [1.165, 1.54) is 0 Å². The molecule has 0 aromatic heterocycles. The van der Waals surface area contributed by atoms with Gasteiger partial charge in [-0.15, -0.1) is 0 Å². The summed E-state index contributed by atoms with van der Waals surface area (Å²) in [5.74, 6) is -1.98. The third-order valence-electron chi connectivity index (χ3n) is 3.38. The van der Waals surface area contributed by atoms with E-state index in [1.54, 1.807) is 0 Å². The molecule has 2 saturated carbocycles. The molecule has 0 atom stereocenters. The van der Waals surface area contributed by atoms with Crippen molar-refractivity contribution in [2.45, 2.75) is 51.4 Å². The largest absolute Gasteiger partial charge is 2.00 e.